The summed E-state index contributed by atoms with van der Waals surface area (Å²) < 4.78 is 28.0. The zero-order valence-corrected chi connectivity index (χ0v) is 19.2. The summed E-state index contributed by atoms with van der Waals surface area (Å²) in [6.07, 6.45) is 1.65. The third kappa shape index (κ3) is 4.24. The van der Waals surface area contributed by atoms with Crippen LogP contribution in [0.5, 0.6) is 17.2 Å². The molecule has 0 N–H and O–H groups in total. The number of furan rings is 2. The van der Waals surface area contributed by atoms with Crippen LogP contribution in [-0.4, -0.2) is 52.4 Å². The molecule has 4 aromatic rings. The highest BCUT2D eigenvalue weighted by Gasteiger charge is 2.20. The minimum Gasteiger partial charge on any atom is -0.493 e. The van der Waals surface area contributed by atoms with Gasteiger partial charge in [-0.2, -0.15) is 0 Å². The molecule has 0 unspecified atom stereocenters. The van der Waals surface area contributed by atoms with Crippen LogP contribution in [0.1, 0.15) is 5.56 Å². The standard InChI is InChI=1S/C26H28N2O5/c1-29-21-7-6-20(16-23(21)30-2)28-10-8-27(9-11-28)17-18-13-19-15-24(22-5-4-12-32-22)33-26(19)25(14-18)31-3/h4-7,12-16H,8-11,17H2,1-3H3. The van der Waals surface area contributed by atoms with Crippen molar-refractivity contribution in [3.8, 4) is 28.8 Å². The number of ether oxygens (including phenoxy) is 3. The molecule has 0 saturated carbocycles. The van der Waals surface area contributed by atoms with Crippen molar-refractivity contribution in [2.45, 2.75) is 6.54 Å². The first-order valence-electron chi connectivity index (χ1n) is 11.0. The average molecular weight is 449 g/mol. The summed E-state index contributed by atoms with van der Waals surface area (Å²) in [4.78, 5) is 4.85. The van der Waals surface area contributed by atoms with Crippen LogP contribution in [0, 0.1) is 0 Å². The number of hydrogen-bond acceptors (Lipinski definition) is 7. The van der Waals surface area contributed by atoms with Gasteiger partial charge in [-0.05, 0) is 48.0 Å². The monoisotopic (exact) mass is 448 g/mol. The lowest BCUT2D eigenvalue weighted by Gasteiger charge is -2.36. The van der Waals surface area contributed by atoms with Crippen LogP contribution in [0.4, 0.5) is 5.69 Å². The van der Waals surface area contributed by atoms with Crippen molar-refractivity contribution < 1.29 is 23.0 Å². The Morgan fingerprint density at radius 1 is 0.788 bits per heavy atom. The molecular weight excluding hydrogens is 420 g/mol. The second-order valence-corrected chi connectivity index (χ2v) is 8.11. The van der Waals surface area contributed by atoms with Gasteiger partial charge in [0, 0.05) is 49.9 Å². The second-order valence-electron chi connectivity index (χ2n) is 8.11. The van der Waals surface area contributed by atoms with Crippen LogP contribution >= 0.6 is 0 Å². The fraction of sp³-hybridized carbons (Fsp3) is 0.308. The largest absolute Gasteiger partial charge is 0.493 e. The average Bonchev–Trinajstić information content (AvgIpc) is 3.53. The number of hydrogen-bond donors (Lipinski definition) is 0. The molecule has 1 saturated heterocycles. The number of methoxy groups -OCH3 is 3. The number of nitrogens with zero attached hydrogens (tertiary/aromatic N) is 2. The number of piperazine rings is 1. The molecule has 1 fully saturated rings. The summed E-state index contributed by atoms with van der Waals surface area (Å²) in [7, 11) is 5.00. The fourth-order valence-corrected chi connectivity index (χ4v) is 4.41. The van der Waals surface area contributed by atoms with Gasteiger partial charge in [0.15, 0.2) is 34.4 Å². The molecule has 172 valence electrons. The molecule has 0 spiro atoms. The van der Waals surface area contributed by atoms with Gasteiger partial charge in [0.1, 0.15) is 0 Å². The van der Waals surface area contributed by atoms with Crippen molar-refractivity contribution in [3.63, 3.8) is 0 Å². The van der Waals surface area contributed by atoms with E-state index in [-0.39, 0.29) is 0 Å². The minimum atomic E-state index is 0.703. The predicted octanol–water partition coefficient (Wildman–Crippen LogP) is 5.04. The molecule has 0 amide bonds. The summed E-state index contributed by atoms with van der Waals surface area (Å²) in [5, 5.41) is 1.01. The van der Waals surface area contributed by atoms with Crippen LogP contribution in [0.15, 0.2) is 63.6 Å². The molecule has 2 aromatic carbocycles. The summed E-state index contributed by atoms with van der Waals surface area (Å²) in [6.45, 7) is 4.69. The van der Waals surface area contributed by atoms with E-state index < -0.39 is 0 Å². The van der Waals surface area contributed by atoms with Gasteiger partial charge < -0.3 is 27.9 Å². The smallest absolute Gasteiger partial charge is 0.176 e. The third-order valence-corrected chi connectivity index (χ3v) is 6.14. The number of rotatable bonds is 7. The van der Waals surface area contributed by atoms with Crippen molar-refractivity contribution >= 4 is 16.7 Å². The van der Waals surface area contributed by atoms with Crippen molar-refractivity contribution in [1.29, 1.82) is 0 Å². The molecular formula is C26H28N2O5. The second kappa shape index (κ2) is 9.11. The highest BCUT2D eigenvalue weighted by molar-refractivity contribution is 5.87. The normalized spacial score (nSPS) is 14.6. The predicted molar refractivity (Wildman–Crippen MR) is 128 cm³/mol. The molecule has 2 aromatic heterocycles. The minimum absolute atomic E-state index is 0.703. The van der Waals surface area contributed by atoms with Crippen LogP contribution in [-0.2, 0) is 6.54 Å². The maximum atomic E-state index is 6.02. The lowest BCUT2D eigenvalue weighted by Crippen LogP contribution is -2.45. The molecule has 1 aliphatic rings. The zero-order valence-electron chi connectivity index (χ0n) is 19.2. The zero-order chi connectivity index (χ0) is 22.8. The van der Waals surface area contributed by atoms with Crippen LogP contribution < -0.4 is 19.1 Å². The van der Waals surface area contributed by atoms with Crippen molar-refractivity contribution in [2.75, 3.05) is 52.4 Å². The van der Waals surface area contributed by atoms with E-state index in [2.05, 4.69) is 28.0 Å². The summed E-state index contributed by atoms with van der Waals surface area (Å²) in [5.41, 5.74) is 3.09. The van der Waals surface area contributed by atoms with E-state index >= 15 is 0 Å². The topological polar surface area (TPSA) is 60.5 Å². The summed E-state index contributed by atoms with van der Waals surface area (Å²) in [6, 6.07) is 16.1. The molecule has 0 radical (unpaired) electrons. The quantitative estimate of drug-likeness (QED) is 0.392. The Kier molecular flexibility index (Phi) is 5.88. The Labute approximate surface area is 193 Å². The Bertz CT molecular complexity index is 1220. The van der Waals surface area contributed by atoms with Crippen LogP contribution in [0.25, 0.3) is 22.5 Å². The first kappa shape index (κ1) is 21.3. The van der Waals surface area contributed by atoms with Gasteiger partial charge in [0.25, 0.3) is 0 Å². The van der Waals surface area contributed by atoms with Crippen LogP contribution in [0.3, 0.4) is 0 Å². The molecule has 7 heteroatoms. The van der Waals surface area contributed by atoms with E-state index in [1.807, 2.05) is 30.3 Å². The van der Waals surface area contributed by atoms with E-state index in [4.69, 9.17) is 23.0 Å². The van der Waals surface area contributed by atoms with Gasteiger partial charge in [-0.15, -0.1) is 0 Å². The van der Waals surface area contributed by atoms with Gasteiger partial charge in [0.2, 0.25) is 0 Å². The molecule has 7 nitrogen and oxygen atoms in total. The lowest BCUT2D eigenvalue weighted by atomic mass is 10.1. The van der Waals surface area contributed by atoms with Crippen molar-refractivity contribution in [1.82, 2.24) is 4.90 Å². The van der Waals surface area contributed by atoms with Crippen molar-refractivity contribution in [3.05, 3.63) is 60.4 Å². The molecule has 1 aliphatic heterocycles. The van der Waals surface area contributed by atoms with Gasteiger partial charge in [-0.25, -0.2) is 0 Å². The molecule has 33 heavy (non-hydrogen) atoms. The Hall–Kier alpha value is -3.58. The van der Waals surface area contributed by atoms with Gasteiger partial charge in [-0.1, -0.05) is 0 Å². The summed E-state index contributed by atoms with van der Waals surface area (Å²) in [5.74, 6) is 3.66. The maximum Gasteiger partial charge on any atom is 0.176 e. The number of benzene rings is 2. The van der Waals surface area contributed by atoms with Crippen LogP contribution in [0.2, 0.25) is 0 Å². The van der Waals surface area contributed by atoms with E-state index in [1.165, 1.54) is 5.56 Å². The molecule has 3 heterocycles. The Balaban J connectivity index is 1.29. The lowest BCUT2D eigenvalue weighted by molar-refractivity contribution is 0.249. The third-order valence-electron chi connectivity index (χ3n) is 6.14. The fourth-order valence-electron chi connectivity index (χ4n) is 4.41. The Morgan fingerprint density at radius 3 is 2.27 bits per heavy atom. The van der Waals surface area contributed by atoms with E-state index in [0.717, 1.165) is 66.6 Å². The summed E-state index contributed by atoms with van der Waals surface area (Å²) >= 11 is 0. The highest BCUT2D eigenvalue weighted by atomic mass is 16.5. The maximum absolute atomic E-state index is 6.02. The first-order chi connectivity index (χ1) is 16.2. The van der Waals surface area contributed by atoms with E-state index in [0.29, 0.717) is 11.5 Å². The van der Waals surface area contributed by atoms with Gasteiger partial charge in [0.05, 0.1) is 27.6 Å². The molecule has 0 bridgehead atoms. The van der Waals surface area contributed by atoms with Crippen molar-refractivity contribution in [2.24, 2.45) is 0 Å². The SMILES string of the molecule is COc1ccc(N2CCN(Cc3cc(OC)c4oc(-c5ccco5)cc4c3)CC2)cc1OC. The van der Waals surface area contributed by atoms with Gasteiger partial charge >= 0.3 is 0 Å². The van der Waals surface area contributed by atoms with Gasteiger partial charge in [-0.3, -0.25) is 4.90 Å². The number of fused-ring (bicyclic) bond motifs is 1. The highest BCUT2D eigenvalue weighted by Crippen LogP contribution is 2.35. The first-order valence-corrected chi connectivity index (χ1v) is 11.0. The van der Waals surface area contributed by atoms with E-state index in [1.54, 1.807) is 27.6 Å². The molecule has 5 rings (SSSR count). The molecule has 0 atom stereocenters. The number of anilines is 1. The Morgan fingerprint density at radius 2 is 1.58 bits per heavy atom. The molecule has 0 aliphatic carbocycles. The van der Waals surface area contributed by atoms with E-state index in [9.17, 15) is 0 Å².